The molecule has 0 saturated carbocycles. The number of Topliss-reactive ketones (excluding diaryl/α,β-unsaturated/α-hetero) is 1. The van der Waals surface area contributed by atoms with Gasteiger partial charge >= 0.3 is 0 Å². The van der Waals surface area contributed by atoms with Gasteiger partial charge in [-0.3, -0.25) is 4.79 Å². The molecule has 2 aromatic rings. The van der Waals surface area contributed by atoms with Crippen molar-refractivity contribution in [3.05, 3.63) is 47.3 Å². The number of carbonyl (C=O) groups excluding carboxylic acids is 1. The molecule has 2 heterocycles. The quantitative estimate of drug-likeness (QED) is 0.688. The van der Waals surface area contributed by atoms with E-state index in [4.69, 9.17) is 9.47 Å². The predicted molar refractivity (Wildman–Crippen MR) is 116 cm³/mol. The Morgan fingerprint density at radius 1 is 1.14 bits per heavy atom. The predicted octanol–water partition coefficient (Wildman–Crippen LogP) is 1.91. The summed E-state index contributed by atoms with van der Waals surface area (Å²) in [5.74, 6) is 1.11. The molecule has 158 valence electrons. The number of nitrogens with zero attached hydrogens (tertiary/aromatic N) is 2. The molecule has 29 heavy (non-hydrogen) atoms. The molecule has 1 aliphatic heterocycles. The third-order valence-electron chi connectivity index (χ3n) is 5.95. The van der Waals surface area contributed by atoms with Crippen LogP contribution >= 0.6 is 0 Å². The summed E-state index contributed by atoms with van der Waals surface area (Å²) in [4.78, 5) is 16.7. The number of rotatable bonds is 8. The maximum Gasteiger partial charge on any atom is 0.218 e. The Morgan fingerprint density at radius 2 is 1.79 bits per heavy atom. The first-order valence-electron chi connectivity index (χ1n) is 10.4. The average molecular weight is 401 g/mol. The minimum absolute atomic E-state index is 0.224. The van der Waals surface area contributed by atoms with Crippen molar-refractivity contribution in [1.82, 2.24) is 4.57 Å². The number of anilines is 1. The minimum Gasteiger partial charge on any atom is -0.497 e. The third kappa shape index (κ3) is 4.82. The number of quaternary nitrogens is 1. The molecule has 0 radical (unpaired) electrons. The van der Waals surface area contributed by atoms with Crippen LogP contribution in [0.3, 0.4) is 0 Å². The van der Waals surface area contributed by atoms with Crippen LogP contribution in [0, 0.1) is 13.8 Å². The molecule has 0 unspecified atom stereocenters. The molecule has 0 spiro atoms. The van der Waals surface area contributed by atoms with Gasteiger partial charge in [-0.1, -0.05) is 0 Å². The summed E-state index contributed by atoms with van der Waals surface area (Å²) in [6.45, 7) is 11.3. The number of piperazine rings is 1. The van der Waals surface area contributed by atoms with Crippen LogP contribution < -0.4 is 14.5 Å². The van der Waals surface area contributed by atoms with E-state index in [1.807, 2.05) is 25.1 Å². The SMILES string of the molecule is COC[C@H](C)n1c(C)cc(C(=O)C[NH+]2CCN(c3ccc(OC)cc3)CC2)c1C. The molecule has 0 aliphatic carbocycles. The highest BCUT2D eigenvalue weighted by Gasteiger charge is 2.25. The van der Waals surface area contributed by atoms with E-state index in [1.54, 1.807) is 14.2 Å². The summed E-state index contributed by atoms with van der Waals surface area (Å²) in [6.07, 6.45) is 0. The Labute approximate surface area is 174 Å². The van der Waals surface area contributed by atoms with Crippen molar-refractivity contribution in [2.45, 2.75) is 26.8 Å². The molecule has 1 aliphatic rings. The molecule has 1 aromatic heterocycles. The smallest absolute Gasteiger partial charge is 0.218 e. The van der Waals surface area contributed by atoms with Gasteiger partial charge in [0.05, 0.1) is 45.9 Å². The fraction of sp³-hybridized carbons (Fsp3) is 0.522. The van der Waals surface area contributed by atoms with Gasteiger partial charge in [0, 0.05) is 29.7 Å². The Bertz CT molecular complexity index is 821. The van der Waals surface area contributed by atoms with Crippen LogP contribution in [0.15, 0.2) is 30.3 Å². The average Bonchev–Trinajstić information content (AvgIpc) is 3.03. The molecule has 1 saturated heterocycles. The number of nitrogens with one attached hydrogen (secondary N) is 1. The van der Waals surface area contributed by atoms with Gasteiger partial charge in [-0.25, -0.2) is 0 Å². The fourth-order valence-corrected chi connectivity index (χ4v) is 4.43. The molecule has 1 aromatic carbocycles. The van der Waals surface area contributed by atoms with E-state index < -0.39 is 0 Å². The van der Waals surface area contributed by atoms with Crippen LogP contribution in [0.2, 0.25) is 0 Å². The van der Waals surface area contributed by atoms with Gasteiger partial charge in [0.2, 0.25) is 5.78 Å². The Kier molecular flexibility index (Phi) is 6.98. The normalized spacial score (nSPS) is 16.1. The zero-order valence-electron chi connectivity index (χ0n) is 18.3. The molecule has 0 bridgehead atoms. The first-order valence-corrected chi connectivity index (χ1v) is 10.4. The molecular formula is C23H34N3O3+. The van der Waals surface area contributed by atoms with Crippen LogP contribution in [0.5, 0.6) is 5.75 Å². The van der Waals surface area contributed by atoms with E-state index in [9.17, 15) is 4.79 Å². The van der Waals surface area contributed by atoms with Crippen LogP contribution in [0.1, 0.15) is 34.7 Å². The van der Waals surface area contributed by atoms with Crippen molar-refractivity contribution in [1.29, 1.82) is 0 Å². The van der Waals surface area contributed by atoms with E-state index in [0.29, 0.717) is 13.2 Å². The topological polar surface area (TPSA) is 48.1 Å². The lowest BCUT2D eigenvalue weighted by molar-refractivity contribution is -0.892. The van der Waals surface area contributed by atoms with Crippen molar-refractivity contribution in [2.75, 3.05) is 58.5 Å². The Balaban J connectivity index is 1.59. The summed E-state index contributed by atoms with van der Waals surface area (Å²) >= 11 is 0. The molecule has 3 rings (SSSR count). The largest absolute Gasteiger partial charge is 0.497 e. The van der Waals surface area contributed by atoms with Crippen molar-refractivity contribution >= 4 is 11.5 Å². The fourth-order valence-electron chi connectivity index (χ4n) is 4.43. The Hall–Kier alpha value is -2.31. The standard InChI is InChI=1S/C23H33N3O3/c1-17-14-22(19(3)26(17)18(2)16-28-4)23(27)15-24-10-12-25(13-11-24)20-6-8-21(29-5)9-7-20/h6-9,14,18H,10-13,15-16H2,1-5H3/p+1/t18-/m0/s1. The van der Waals surface area contributed by atoms with Gasteiger partial charge in [0.15, 0.2) is 0 Å². The van der Waals surface area contributed by atoms with E-state index in [0.717, 1.165) is 48.9 Å². The summed E-state index contributed by atoms with van der Waals surface area (Å²) in [5.41, 5.74) is 4.24. The second-order valence-electron chi connectivity index (χ2n) is 7.99. The van der Waals surface area contributed by atoms with E-state index in [-0.39, 0.29) is 11.8 Å². The number of ether oxygens (including phenoxy) is 2. The van der Waals surface area contributed by atoms with Crippen molar-refractivity contribution in [2.24, 2.45) is 0 Å². The molecule has 0 amide bonds. The van der Waals surface area contributed by atoms with Crippen LogP contribution in [-0.4, -0.2) is 63.9 Å². The highest BCUT2D eigenvalue weighted by atomic mass is 16.5. The number of methoxy groups -OCH3 is 2. The highest BCUT2D eigenvalue weighted by Crippen LogP contribution is 2.21. The molecule has 1 N–H and O–H groups in total. The second-order valence-corrected chi connectivity index (χ2v) is 7.99. The van der Waals surface area contributed by atoms with Gasteiger partial charge in [0.1, 0.15) is 12.3 Å². The molecule has 1 atom stereocenters. The van der Waals surface area contributed by atoms with Crippen LogP contribution in [-0.2, 0) is 4.74 Å². The van der Waals surface area contributed by atoms with Gasteiger partial charge in [-0.15, -0.1) is 0 Å². The maximum atomic E-state index is 13.0. The van der Waals surface area contributed by atoms with Crippen molar-refractivity contribution in [3.63, 3.8) is 0 Å². The number of hydrogen-bond donors (Lipinski definition) is 1. The first-order chi connectivity index (χ1) is 13.9. The Morgan fingerprint density at radius 3 is 2.38 bits per heavy atom. The maximum absolute atomic E-state index is 13.0. The summed E-state index contributed by atoms with van der Waals surface area (Å²) in [5, 5.41) is 0. The van der Waals surface area contributed by atoms with Gasteiger partial charge in [0.25, 0.3) is 0 Å². The summed E-state index contributed by atoms with van der Waals surface area (Å²) in [6, 6.07) is 10.5. The molecule has 6 heteroatoms. The summed E-state index contributed by atoms with van der Waals surface area (Å²) in [7, 11) is 3.40. The zero-order chi connectivity index (χ0) is 21.0. The first kappa shape index (κ1) is 21.4. The second kappa shape index (κ2) is 9.46. The minimum atomic E-state index is 0.224. The van der Waals surface area contributed by atoms with Gasteiger partial charge < -0.3 is 23.8 Å². The number of aryl methyl sites for hydroxylation is 1. The van der Waals surface area contributed by atoms with Crippen LogP contribution in [0.25, 0.3) is 0 Å². The molecule has 6 nitrogen and oxygen atoms in total. The van der Waals surface area contributed by atoms with Crippen molar-refractivity contribution in [3.8, 4) is 5.75 Å². The lowest BCUT2D eigenvalue weighted by atomic mass is 10.1. The van der Waals surface area contributed by atoms with E-state index in [2.05, 4.69) is 35.4 Å². The van der Waals surface area contributed by atoms with E-state index in [1.165, 1.54) is 10.6 Å². The van der Waals surface area contributed by atoms with Crippen molar-refractivity contribution < 1.29 is 19.2 Å². The van der Waals surface area contributed by atoms with Gasteiger partial charge in [-0.2, -0.15) is 0 Å². The van der Waals surface area contributed by atoms with Crippen LogP contribution in [0.4, 0.5) is 5.69 Å². The number of carbonyl (C=O) groups is 1. The third-order valence-corrected chi connectivity index (χ3v) is 5.95. The number of hydrogen-bond acceptors (Lipinski definition) is 4. The van der Waals surface area contributed by atoms with Gasteiger partial charge in [-0.05, 0) is 51.1 Å². The highest BCUT2D eigenvalue weighted by molar-refractivity contribution is 5.98. The van der Waals surface area contributed by atoms with E-state index >= 15 is 0 Å². The summed E-state index contributed by atoms with van der Waals surface area (Å²) < 4.78 is 12.8. The monoisotopic (exact) mass is 400 g/mol. The number of ketones is 1. The molecular weight excluding hydrogens is 366 g/mol. The lowest BCUT2D eigenvalue weighted by Gasteiger charge is -2.33. The lowest BCUT2D eigenvalue weighted by Crippen LogP contribution is -3.15. The molecule has 1 fully saturated rings. The number of aromatic nitrogens is 1. The zero-order valence-corrected chi connectivity index (χ0v) is 18.3. The number of benzene rings is 1.